The number of carbonyl (C=O) groups is 3. The standard InChI is InChI=1S/C24H22N2O4/c1-3-21(27)25(19-12-4-5-13-20(19)30-2)14-15-26-23(28)17-10-6-8-16-9-7-11-18(22(16)17)24(26)29/h4-13H,3,14-15H2,1-2H3. The van der Waals surface area contributed by atoms with E-state index in [2.05, 4.69) is 0 Å². The molecule has 0 bridgehead atoms. The van der Waals surface area contributed by atoms with E-state index < -0.39 is 0 Å². The van der Waals surface area contributed by atoms with Crippen molar-refractivity contribution in [1.82, 2.24) is 4.90 Å². The maximum atomic E-state index is 13.1. The Balaban J connectivity index is 1.66. The van der Waals surface area contributed by atoms with Gasteiger partial charge in [-0.2, -0.15) is 0 Å². The fourth-order valence-corrected chi connectivity index (χ4v) is 3.91. The third-order valence-corrected chi connectivity index (χ3v) is 5.38. The number of hydrogen-bond donors (Lipinski definition) is 0. The minimum Gasteiger partial charge on any atom is -0.495 e. The van der Waals surface area contributed by atoms with E-state index in [9.17, 15) is 14.4 Å². The van der Waals surface area contributed by atoms with Gasteiger partial charge in [-0.1, -0.05) is 43.3 Å². The highest BCUT2D eigenvalue weighted by Gasteiger charge is 2.33. The zero-order chi connectivity index (χ0) is 21.3. The molecule has 0 saturated carbocycles. The van der Waals surface area contributed by atoms with E-state index in [-0.39, 0.29) is 30.8 Å². The maximum absolute atomic E-state index is 13.1. The van der Waals surface area contributed by atoms with Crippen LogP contribution in [0.3, 0.4) is 0 Å². The van der Waals surface area contributed by atoms with E-state index in [1.54, 1.807) is 43.2 Å². The van der Waals surface area contributed by atoms with Crippen molar-refractivity contribution in [2.24, 2.45) is 0 Å². The molecule has 6 heteroatoms. The predicted octanol–water partition coefficient (Wildman–Crippen LogP) is 3.89. The van der Waals surface area contributed by atoms with E-state index in [1.807, 2.05) is 36.4 Å². The molecule has 0 aromatic heterocycles. The summed E-state index contributed by atoms with van der Waals surface area (Å²) < 4.78 is 5.40. The fourth-order valence-electron chi connectivity index (χ4n) is 3.91. The van der Waals surface area contributed by atoms with E-state index in [0.29, 0.717) is 34.4 Å². The molecule has 1 heterocycles. The number of nitrogens with zero attached hydrogens (tertiary/aromatic N) is 2. The quantitative estimate of drug-likeness (QED) is 0.587. The summed E-state index contributed by atoms with van der Waals surface area (Å²) in [6.45, 7) is 2.05. The minimum absolute atomic E-state index is 0.0895. The topological polar surface area (TPSA) is 66.9 Å². The van der Waals surface area contributed by atoms with Gasteiger partial charge in [0.15, 0.2) is 0 Å². The summed E-state index contributed by atoms with van der Waals surface area (Å²) in [6.07, 6.45) is 0.294. The van der Waals surface area contributed by atoms with Crippen molar-refractivity contribution in [3.05, 3.63) is 71.8 Å². The number of hydrogen-bond acceptors (Lipinski definition) is 4. The van der Waals surface area contributed by atoms with Crippen LogP contribution in [0.1, 0.15) is 34.1 Å². The smallest absolute Gasteiger partial charge is 0.261 e. The van der Waals surface area contributed by atoms with E-state index >= 15 is 0 Å². The number of anilines is 1. The van der Waals surface area contributed by atoms with Crippen molar-refractivity contribution in [2.75, 3.05) is 25.1 Å². The first-order valence-corrected chi connectivity index (χ1v) is 9.88. The third kappa shape index (κ3) is 3.20. The fraction of sp³-hybridized carbons (Fsp3) is 0.208. The van der Waals surface area contributed by atoms with Crippen molar-refractivity contribution >= 4 is 34.2 Å². The van der Waals surface area contributed by atoms with Gasteiger partial charge >= 0.3 is 0 Å². The van der Waals surface area contributed by atoms with E-state index in [4.69, 9.17) is 4.74 Å². The number of carbonyl (C=O) groups excluding carboxylic acids is 3. The average Bonchev–Trinajstić information content (AvgIpc) is 2.79. The van der Waals surface area contributed by atoms with Gasteiger partial charge < -0.3 is 9.64 Å². The van der Waals surface area contributed by atoms with Gasteiger partial charge in [0.05, 0.1) is 12.8 Å². The molecule has 0 spiro atoms. The molecule has 30 heavy (non-hydrogen) atoms. The zero-order valence-electron chi connectivity index (χ0n) is 16.9. The van der Waals surface area contributed by atoms with Gasteiger partial charge in [-0.25, -0.2) is 0 Å². The molecule has 6 nitrogen and oxygen atoms in total. The Kier molecular flexibility index (Phi) is 5.23. The molecule has 1 aliphatic heterocycles. The molecular formula is C24H22N2O4. The second-order valence-corrected chi connectivity index (χ2v) is 7.04. The molecule has 0 N–H and O–H groups in total. The molecule has 0 atom stereocenters. The van der Waals surface area contributed by atoms with Crippen LogP contribution in [0.15, 0.2) is 60.7 Å². The average molecular weight is 402 g/mol. The lowest BCUT2D eigenvalue weighted by Crippen LogP contribution is -2.45. The first-order valence-electron chi connectivity index (χ1n) is 9.88. The van der Waals surface area contributed by atoms with Crippen molar-refractivity contribution < 1.29 is 19.1 Å². The SMILES string of the molecule is CCC(=O)N(CCN1C(=O)c2cccc3cccc(c23)C1=O)c1ccccc1OC. The molecule has 4 rings (SSSR count). The molecule has 3 amide bonds. The summed E-state index contributed by atoms with van der Waals surface area (Å²) in [6, 6.07) is 18.1. The Morgan fingerprint density at radius 1 is 0.933 bits per heavy atom. The monoisotopic (exact) mass is 402 g/mol. The molecule has 3 aromatic rings. The number of methoxy groups -OCH3 is 1. The molecule has 1 aliphatic rings. The highest BCUT2D eigenvalue weighted by atomic mass is 16.5. The van der Waals surface area contributed by atoms with Crippen molar-refractivity contribution in [1.29, 1.82) is 0 Å². The zero-order valence-corrected chi connectivity index (χ0v) is 16.9. The van der Waals surface area contributed by atoms with E-state index in [0.717, 1.165) is 5.39 Å². The molecule has 0 aliphatic carbocycles. The van der Waals surface area contributed by atoms with Gasteiger partial charge in [0.25, 0.3) is 11.8 Å². The lowest BCUT2D eigenvalue weighted by Gasteiger charge is -2.30. The van der Waals surface area contributed by atoms with Gasteiger partial charge in [-0.05, 0) is 29.7 Å². The highest BCUT2D eigenvalue weighted by Crippen LogP contribution is 2.31. The number of ether oxygens (including phenoxy) is 1. The Morgan fingerprint density at radius 3 is 2.17 bits per heavy atom. The molecule has 0 unspecified atom stereocenters. The molecule has 0 radical (unpaired) electrons. The lowest BCUT2D eigenvalue weighted by atomic mass is 9.94. The van der Waals surface area contributed by atoms with Crippen LogP contribution in [0.5, 0.6) is 5.75 Å². The second kappa shape index (κ2) is 7.99. The third-order valence-electron chi connectivity index (χ3n) is 5.38. The summed E-state index contributed by atoms with van der Waals surface area (Å²) in [5.41, 5.74) is 1.63. The number of benzene rings is 3. The lowest BCUT2D eigenvalue weighted by molar-refractivity contribution is -0.118. The number of imide groups is 1. The van der Waals surface area contributed by atoms with Crippen LogP contribution in [0, 0.1) is 0 Å². The summed E-state index contributed by atoms with van der Waals surface area (Å²) in [5, 5.41) is 1.56. The molecule has 3 aromatic carbocycles. The molecule has 0 fully saturated rings. The Morgan fingerprint density at radius 2 is 1.57 bits per heavy atom. The van der Waals surface area contributed by atoms with Crippen molar-refractivity contribution in [3.63, 3.8) is 0 Å². The molecular weight excluding hydrogens is 380 g/mol. The van der Waals surface area contributed by atoms with Gasteiger partial charge in [-0.15, -0.1) is 0 Å². The van der Waals surface area contributed by atoms with Crippen LogP contribution in [0.4, 0.5) is 5.69 Å². The minimum atomic E-state index is -0.340. The number of para-hydroxylation sites is 2. The number of amides is 3. The Bertz CT molecular complexity index is 1100. The summed E-state index contributed by atoms with van der Waals surface area (Å²) in [7, 11) is 1.54. The molecule has 0 saturated heterocycles. The van der Waals surface area contributed by atoms with Crippen LogP contribution in [-0.4, -0.2) is 42.8 Å². The van der Waals surface area contributed by atoms with Crippen molar-refractivity contribution in [2.45, 2.75) is 13.3 Å². The normalized spacial score (nSPS) is 12.9. The predicted molar refractivity (Wildman–Crippen MR) is 115 cm³/mol. The number of rotatable bonds is 6. The highest BCUT2D eigenvalue weighted by molar-refractivity contribution is 6.25. The van der Waals surface area contributed by atoms with Crippen LogP contribution < -0.4 is 9.64 Å². The van der Waals surface area contributed by atoms with Crippen LogP contribution >= 0.6 is 0 Å². The largest absolute Gasteiger partial charge is 0.495 e. The van der Waals surface area contributed by atoms with Gasteiger partial charge in [0, 0.05) is 36.0 Å². The first-order chi connectivity index (χ1) is 14.6. The Hall–Kier alpha value is -3.67. The van der Waals surface area contributed by atoms with Crippen LogP contribution in [-0.2, 0) is 4.79 Å². The summed E-state index contributed by atoms with van der Waals surface area (Å²) >= 11 is 0. The van der Waals surface area contributed by atoms with E-state index in [1.165, 1.54) is 4.90 Å². The van der Waals surface area contributed by atoms with Crippen LogP contribution in [0.25, 0.3) is 10.8 Å². The summed E-state index contributed by atoms with van der Waals surface area (Å²) in [5.74, 6) is -0.230. The second-order valence-electron chi connectivity index (χ2n) is 7.04. The Labute approximate surface area is 174 Å². The van der Waals surface area contributed by atoms with Gasteiger partial charge in [0.1, 0.15) is 5.75 Å². The first kappa shape index (κ1) is 19.6. The van der Waals surface area contributed by atoms with Gasteiger partial charge in [0.2, 0.25) is 5.91 Å². The maximum Gasteiger partial charge on any atom is 0.261 e. The van der Waals surface area contributed by atoms with Crippen molar-refractivity contribution in [3.8, 4) is 5.75 Å². The summed E-state index contributed by atoms with van der Waals surface area (Å²) in [4.78, 5) is 41.6. The van der Waals surface area contributed by atoms with Crippen LogP contribution in [0.2, 0.25) is 0 Å². The molecule has 152 valence electrons. The van der Waals surface area contributed by atoms with Gasteiger partial charge in [-0.3, -0.25) is 19.3 Å².